The van der Waals surface area contributed by atoms with E-state index in [0.717, 1.165) is 32.5 Å². The zero-order valence-electron chi connectivity index (χ0n) is 14.3. The van der Waals surface area contributed by atoms with Crippen molar-refractivity contribution in [1.29, 1.82) is 0 Å². The Morgan fingerprint density at radius 2 is 1.70 bits per heavy atom. The number of nitrogens with one attached hydrogen (secondary N) is 1. The molecule has 6 nitrogen and oxygen atoms in total. The number of carbonyl (C=O) groups is 1. The van der Waals surface area contributed by atoms with Crippen LogP contribution < -0.4 is 19.5 Å². The lowest BCUT2D eigenvalue weighted by atomic mass is 9.96. The summed E-state index contributed by atoms with van der Waals surface area (Å²) in [5, 5.41) is 3.21. The SMILES string of the molecule is CNCC1CCN(C(=O)c2cc(OC)c(OC)c(OC)c2)CC1. The number of likely N-dealkylation sites (tertiary alicyclic amines) is 1. The third-order valence-corrected chi connectivity index (χ3v) is 4.31. The Bertz CT molecular complexity index is 514. The van der Waals surface area contributed by atoms with E-state index in [-0.39, 0.29) is 5.91 Å². The number of amides is 1. The van der Waals surface area contributed by atoms with Crippen LogP contribution >= 0.6 is 0 Å². The molecular weight excluding hydrogens is 296 g/mol. The first-order valence-corrected chi connectivity index (χ1v) is 7.88. The van der Waals surface area contributed by atoms with E-state index in [1.54, 1.807) is 33.5 Å². The quantitative estimate of drug-likeness (QED) is 0.865. The van der Waals surface area contributed by atoms with Crippen molar-refractivity contribution in [3.63, 3.8) is 0 Å². The number of benzene rings is 1. The smallest absolute Gasteiger partial charge is 0.254 e. The van der Waals surface area contributed by atoms with Crippen LogP contribution in [0.2, 0.25) is 0 Å². The predicted molar refractivity (Wildman–Crippen MR) is 88.7 cm³/mol. The van der Waals surface area contributed by atoms with Gasteiger partial charge in [-0.05, 0) is 44.5 Å². The Morgan fingerprint density at radius 1 is 1.13 bits per heavy atom. The highest BCUT2D eigenvalue weighted by molar-refractivity contribution is 5.95. The number of nitrogens with zero attached hydrogens (tertiary/aromatic N) is 1. The zero-order chi connectivity index (χ0) is 16.8. The maximum absolute atomic E-state index is 12.8. The summed E-state index contributed by atoms with van der Waals surface area (Å²) in [4.78, 5) is 14.7. The highest BCUT2D eigenvalue weighted by atomic mass is 16.5. The van der Waals surface area contributed by atoms with E-state index in [0.29, 0.717) is 28.7 Å². The Balaban J connectivity index is 2.16. The third kappa shape index (κ3) is 3.88. The van der Waals surface area contributed by atoms with Crippen molar-refractivity contribution in [2.24, 2.45) is 5.92 Å². The van der Waals surface area contributed by atoms with Crippen molar-refractivity contribution >= 4 is 5.91 Å². The van der Waals surface area contributed by atoms with Crippen LogP contribution in [0.1, 0.15) is 23.2 Å². The highest BCUT2D eigenvalue weighted by Crippen LogP contribution is 2.38. The molecule has 0 bridgehead atoms. The molecule has 6 heteroatoms. The van der Waals surface area contributed by atoms with Crippen LogP contribution in [0, 0.1) is 5.92 Å². The van der Waals surface area contributed by atoms with Crippen molar-refractivity contribution in [3.8, 4) is 17.2 Å². The summed E-state index contributed by atoms with van der Waals surface area (Å²) in [6, 6.07) is 3.42. The number of hydrogen-bond donors (Lipinski definition) is 1. The van der Waals surface area contributed by atoms with Gasteiger partial charge in [0.2, 0.25) is 5.75 Å². The molecule has 1 aromatic carbocycles. The van der Waals surface area contributed by atoms with Gasteiger partial charge in [-0.15, -0.1) is 0 Å². The summed E-state index contributed by atoms with van der Waals surface area (Å²) in [5.41, 5.74) is 0.562. The highest BCUT2D eigenvalue weighted by Gasteiger charge is 2.25. The van der Waals surface area contributed by atoms with E-state index in [9.17, 15) is 4.79 Å². The Hall–Kier alpha value is -1.95. The van der Waals surface area contributed by atoms with E-state index in [1.165, 1.54) is 0 Å². The van der Waals surface area contributed by atoms with Gasteiger partial charge in [-0.2, -0.15) is 0 Å². The van der Waals surface area contributed by atoms with Crippen LogP contribution in [0.4, 0.5) is 0 Å². The lowest BCUT2D eigenvalue weighted by Gasteiger charge is -2.32. The van der Waals surface area contributed by atoms with Gasteiger partial charge in [-0.25, -0.2) is 0 Å². The fourth-order valence-electron chi connectivity index (χ4n) is 3.02. The summed E-state index contributed by atoms with van der Waals surface area (Å²) in [6.07, 6.45) is 2.05. The molecule has 1 aromatic rings. The molecule has 1 amide bonds. The fraction of sp³-hybridized carbons (Fsp3) is 0.588. The van der Waals surface area contributed by atoms with Crippen molar-refractivity contribution in [2.45, 2.75) is 12.8 Å². The zero-order valence-corrected chi connectivity index (χ0v) is 14.3. The molecule has 1 aliphatic heterocycles. The van der Waals surface area contributed by atoms with Crippen LogP contribution in [0.15, 0.2) is 12.1 Å². The molecule has 0 radical (unpaired) electrons. The standard InChI is InChI=1S/C17H26N2O4/c1-18-11-12-5-7-19(8-6-12)17(20)13-9-14(21-2)16(23-4)15(10-13)22-3/h9-10,12,18H,5-8,11H2,1-4H3. The van der Waals surface area contributed by atoms with E-state index in [4.69, 9.17) is 14.2 Å². The van der Waals surface area contributed by atoms with Crippen molar-refractivity contribution < 1.29 is 19.0 Å². The maximum atomic E-state index is 12.8. The normalized spacial score (nSPS) is 15.4. The number of hydrogen-bond acceptors (Lipinski definition) is 5. The Labute approximate surface area is 137 Å². The molecule has 0 saturated carbocycles. The molecule has 128 valence electrons. The summed E-state index contributed by atoms with van der Waals surface area (Å²) in [6.45, 7) is 2.57. The Morgan fingerprint density at radius 3 is 2.13 bits per heavy atom. The molecular formula is C17H26N2O4. The number of ether oxygens (including phenoxy) is 3. The molecule has 1 fully saturated rings. The minimum Gasteiger partial charge on any atom is -0.493 e. The largest absolute Gasteiger partial charge is 0.493 e. The molecule has 0 spiro atoms. The van der Waals surface area contributed by atoms with Crippen LogP contribution in [-0.2, 0) is 0 Å². The summed E-state index contributed by atoms with van der Waals surface area (Å²) < 4.78 is 15.9. The second-order valence-corrected chi connectivity index (χ2v) is 5.71. The summed E-state index contributed by atoms with van der Waals surface area (Å²) in [5.74, 6) is 2.15. The van der Waals surface area contributed by atoms with Gasteiger partial charge < -0.3 is 24.4 Å². The van der Waals surface area contributed by atoms with Gasteiger partial charge in [0, 0.05) is 18.7 Å². The average molecular weight is 322 g/mol. The molecule has 0 unspecified atom stereocenters. The monoisotopic (exact) mass is 322 g/mol. The van der Waals surface area contributed by atoms with Crippen molar-refractivity contribution in [2.75, 3.05) is 48.0 Å². The maximum Gasteiger partial charge on any atom is 0.254 e. The van der Waals surface area contributed by atoms with E-state index in [1.807, 2.05) is 11.9 Å². The van der Waals surface area contributed by atoms with Gasteiger partial charge in [0.05, 0.1) is 21.3 Å². The van der Waals surface area contributed by atoms with Crippen LogP contribution in [0.25, 0.3) is 0 Å². The minimum atomic E-state index is 0.00663. The third-order valence-electron chi connectivity index (χ3n) is 4.31. The topological polar surface area (TPSA) is 60.0 Å². The lowest BCUT2D eigenvalue weighted by Crippen LogP contribution is -2.40. The van der Waals surface area contributed by atoms with E-state index in [2.05, 4.69) is 5.32 Å². The van der Waals surface area contributed by atoms with Crippen LogP contribution in [-0.4, -0.2) is 58.8 Å². The summed E-state index contributed by atoms with van der Waals surface area (Å²) >= 11 is 0. The molecule has 1 heterocycles. The van der Waals surface area contributed by atoms with Crippen LogP contribution in [0.5, 0.6) is 17.2 Å². The molecule has 0 aromatic heterocycles. The van der Waals surface area contributed by atoms with Gasteiger partial charge in [-0.3, -0.25) is 4.79 Å². The average Bonchev–Trinajstić information content (AvgIpc) is 2.60. The number of piperidine rings is 1. The molecule has 23 heavy (non-hydrogen) atoms. The second kappa shape index (κ2) is 8.06. The van der Waals surface area contributed by atoms with Gasteiger partial charge in [0.1, 0.15) is 0 Å². The van der Waals surface area contributed by atoms with Gasteiger partial charge in [-0.1, -0.05) is 0 Å². The first kappa shape index (κ1) is 17.4. The van der Waals surface area contributed by atoms with E-state index >= 15 is 0 Å². The van der Waals surface area contributed by atoms with E-state index < -0.39 is 0 Å². The summed E-state index contributed by atoms with van der Waals surface area (Å²) in [7, 11) is 6.62. The van der Waals surface area contributed by atoms with Crippen molar-refractivity contribution in [1.82, 2.24) is 10.2 Å². The number of methoxy groups -OCH3 is 3. The molecule has 2 rings (SSSR count). The first-order valence-electron chi connectivity index (χ1n) is 7.88. The fourth-order valence-corrected chi connectivity index (χ4v) is 3.02. The predicted octanol–water partition coefficient (Wildman–Crippen LogP) is 1.78. The van der Waals surface area contributed by atoms with Crippen LogP contribution in [0.3, 0.4) is 0 Å². The lowest BCUT2D eigenvalue weighted by molar-refractivity contribution is 0.0690. The minimum absolute atomic E-state index is 0.00663. The first-order chi connectivity index (χ1) is 11.1. The van der Waals surface area contributed by atoms with Crippen molar-refractivity contribution in [3.05, 3.63) is 17.7 Å². The molecule has 1 N–H and O–H groups in total. The molecule has 1 saturated heterocycles. The number of carbonyl (C=O) groups excluding carboxylic acids is 1. The molecule has 0 atom stereocenters. The number of rotatable bonds is 6. The molecule has 0 aliphatic carbocycles. The second-order valence-electron chi connectivity index (χ2n) is 5.71. The van der Waals surface area contributed by atoms with Gasteiger partial charge in [0.25, 0.3) is 5.91 Å². The Kier molecular flexibility index (Phi) is 6.10. The van der Waals surface area contributed by atoms with Gasteiger partial charge in [0.15, 0.2) is 11.5 Å². The molecule has 1 aliphatic rings. The van der Waals surface area contributed by atoms with Gasteiger partial charge >= 0.3 is 0 Å².